The summed E-state index contributed by atoms with van der Waals surface area (Å²) < 4.78 is 36.3. The fourth-order valence-electron chi connectivity index (χ4n) is 2.01. The summed E-state index contributed by atoms with van der Waals surface area (Å²) in [7, 11) is 0.775. The second kappa shape index (κ2) is 7.35. The monoisotopic (exact) mass is 348 g/mol. The van der Waals surface area contributed by atoms with Crippen molar-refractivity contribution < 1.29 is 17.9 Å². The highest BCUT2D eigenvalue weighted by Gasteiger charge is 2.18. The molecule has 0 spiro atoms. The number of rotatable bonds is 6. The van der Waals surface area contributed by atoms with Gasteiger partial charge in [-0.1, -0.05) is 17.7 Å². The Balaban J connectivity index is 2.29. The molecule has 0 N–H and O–H groups in total. The van der Waals surface area contributed by atoms with E-state index in [0.717, 1.165) is 9.98 Å². The van der Waals surface area contributed by atoms with Crippen molar-refractivity contribution in [1.82, 2.24) is 4.41 Å². The zero-order valence-electron chi connectivity index (χ0n) is 14.1. The summed E-state index contributed by atoms with van der Waals surface area (Å²) in [5, 5.41) is 4.03. The molecule has 0 aromatic heterocycles. The number of hydrogen-bond acceptors (Lipinski definition) is 5. The molecule has 2 aromatic rings. The predicted molar refractivity (Wildman–Crippen MR) is 93.3 cm³/mol. The summed E-state index contributed by atoms with van der Waals surface area (Å²) in [6.45, 7) is 1.90. The molecule has 2 rings (SSSR count). The summed E-state index contributed by atoms with van der Waals surface area (Å²) >= 11 is 0. The van der Waals surface area contributed by atoms with Crippen molar-refractivity contribution in [1.29, 1.82) is 0 Å². The third-order valence-electron chi connectivity index (χ3n) is 3.46. The summed E-state index contributed by atoms with van der Waals surface area (Å²) in [5.74, 6) is 1.20. The molecule has 0 amide bonds. The molecule has 24 heavy (non-hydrogen) atoms. The molecular formula is C17H20N2O4S. The van der Waals surface area contributed by atoms with Crippen molar-refractivity contribution in [2.45, 2.75) is 11.8 Å². The van der Waals surface area contributed by atoms with Crippen LogP contribution in [-0.2, 0) is 10.0 Å². The lowest BCUT2D eigenvalue weighted by Gasteiger charge is -2.14. The van der Waals surface area contributed by atoms with Gasteiger partial charge in [-0.3, -0.25) is 0 Å². The van der Waals surface area contributed by atoms with Crippen molar-refractivity contribution in [3.63, 3.8) is 0 Å². The minimum Gasteiger partial charge on any atom is -0.497 e. The smallest absolute Gasteiger partial charge is 0.278 e. The number of aryl methyl sites for hydroxylation is 1. The zero-order valence-corrected chi connectivity index (χ0v) is 14.9. The molecule has 0 aliphatic rings. The minimum atomic E-state index is -3.70. The number of sulfonamides is 1. The average Bonchev–Trinajstić information content (AvgIpc) is 2.59. The summed E-state index contributed by atoms with van der Waals surface area (Å²) in [6.07, 6.45) is 1.42. The number of hydrogen-bond donors (Lipinski definition) is 0. The van der Waals surface area contributed by atoms with E-state index in [4.69, 9.17) is 9.47 Å². The third kappa shape index (κ3) is 3.86. The van der Waals surface area contributed by atoms with E-state index < -0.39 is 10.0 Å². The van der Waals surface area contributed by atoms with Gasteiger partial charge in [-0.15, -0.1) is 0 Å². The molecule has 0 bridgehead atoms. The zero-order chi connectivity index (χ0) is 17.7. The minimum absolute atomic E-state index is 0.186. The average molecular weight is 348 g/mol. The second-order valence-corrected chi connectivity index (χ2v) is 7.05. The van der Waals surface area contributed by atoms with E-state index in [1.165, 1.54) is 20.4 Å². The molecule has 6 nitrogen and oxygen atoms in total. The van der Waals surface area contributed by atoms with Crippen LogP contribution in [0.5, 0.6) is 11.5 Å². The Morgan fingerprint density at radius 3 is 2.29 bits per heavy atom. The van der Waals surface area contributed by atoms with E-state index in [0.29, 0.717) is 17.1 Å². The van der Waals surface area contributed by atoms with E-state index in [1.54, 1.807) is 49.6 Å². The fourth-order valence-corrected chi connectivity index (χ4v) is 2.97. The maximum Gasteiger partial charge on any atom is 0.278 e. The molecule has 0 aliphatic carbocycles. The molecule has 0 unspecified atom stereocenters. The SMILES string of the molecule is COc1ccc(OC)c(/C=N\N(C)S(=O)(=O)c2ccc(C)cc2)c1. The Morgan fingerprint density at radius 1 is 1.04 bits per heavy atom. The standard InChI is InChI=1S/C17H20N2O4S/c1-13-5-8-16(9-6-13)24(20,21)19(2)18-12-14-11-15(22-3)7-10-17(14)23-4/h5-12H,1-4H3/b18-12-. The van der Waals surface area contributed by atoms with E-state index in [2.05, 4.69) is 5.10 Å². The van der Waals surface area contributed by atoms with Crippen LogP contribution in [0.2, 0.25) is 0 Å². The molecule has 0 fully saturated rings. The van der Waals surface area contributed by atoms with Crippen LogP contribution in [0.15, 0.2) is 52.5 Å². The largest absolute Gasteiger partial charge is 0.497 e. The molecule has 0 heterocycles. The summed E-state index contributed by atoms with van der Waals surface area (Å²) in [6, 6.07) is 11.8. The molecule has 0 saturated heterocycles. The molecule has 7 heteroatoms. The number of benzene rings is 2. The Hall–Kier alpha value is -2.54. The van der Waals surface area contributed by atoms with Gasteiger partial charge in [0.05, 0.1) is 25.3 Å². The number of hydrazone groups is 1. The second-order valence-electron chi connectivity index (χ2n) is 5.10. The van der Waals surface area contributed by atoms with Crippen LogP contribution >= 0.6 is 0 Å². The predicted octanol–water partition coefficient (Wildman–Crippen LogP) is 2.67. The van der Waals surface area contributed by atoms with Crippen LogP contribution in [0.1, 0.15) is 11.1 Å². The van der Waals surface area contributed by atoms with E-state index in [-0.39, 0.29) is 4.90 Å². The molecular weight excluding hydrogens is 328 g/mol. The highest BCUT2D eigenvalue weighted by atomic mass is 32.2. The van der Waals surface area contributed by atoms with Crippen molar-refractivity contribution in [2.75, 3.05) is 21.3 Å². The molecule has 0 saturated carbocycles. The first kappa shape index (κ1) is 17.8. The van der Waals surface area contributed by atoms with Gasteiger partial charge in [0.2, 0.25) is 0 Å². The van der Waals surface area contributed by atoms with Crippen molar-refractivity contribution in [3.05, 3.63) is 53.6 Å². The van der Waals surface area contributed by atoms with Gasteiger partial charge in [0, 0.05) is 12.6 Å². The lowest BCUT2D eigenvalue weighted by molar-refractivity contribution is 0.402. The van der Waals surface area contributed by atoms with Crippen LogP contribution in [-0.4, -0.2) is 40.3 Å². The van der Waals surface area contributed by atoms with Crippen molar-refractivity contribution in [2.24, 2.45) is 5.10 Å². The maximum atomic E-state index is 12.5. The first-order valence-corrected chi connectivity index (χ1v) is 8.64. The van der Waals surface area contributed by atoms with Crippen molar-refractivity contribution in [3.8, 4) is 11.5 Å². The van der Waals surface area contributed by atoms with Crippen LogP contribution in [0.4, 0.5) is 0 Å². The van der Waals surface area contributed by atoms with E-state index in [9.17, 15) is 8.42 Å². The Bertz CT molecular complexity index is 830. The molecule has 128 valence electrons. The lowest BCUT2D eigenvalue weighted by Crippen LogP contribution is -2.21. The summed E-state index contributed by atoms with van der Waals surface area (Å²) in [4.78, 5) is 0.186. The van der Waals surface area contributed by atoms with Gasteiger partial charge >= 0.3 is 0 Å². The molecule has 0 atom stereocenters. The first-order chi connectivity index (χ1) is 11.4. The van der Waals surface area contributed by atoms with Crippen LogP contribution in [0.3, 0.4) is 0 Å². The lowest BCUT2D eigenvalue weighted by atomic mass is 10.2. The van der Waals surface area contributed by atoms with Gasteiger partial charge in [0.25, 0.3) is 10.0 Å². The normalized spacial score (nSPS) is 11.5. The Morgan fingerprint density at radius 2 is 1.71 bits per heavy atom. The highest BCUT2D eigenvalue weighted by Crippen LogP contribution is 2.23. The van der Waals surface area contributed by atoms with Crippen LogP contribution < -0.4 is 9.47 Å². The van der Waals surface area contributed by atoms with Gasteiger partial charge < -0.3 is 9.47 Å². The number of methoxy groups -OCH3 is 2. The van der Waals surface area contributed by atoms with Gasteiger partial charge in [0.15, 0.2) is 0 Å². The van der Waals surface area contributed by atoms with Gasteiger partial charge in [-0.05, 0) is 37.3 Å². The molecule has 2 aromatic carbocycles. The molecule has 0 radical (unpaired) electrons. The van der Waals surface area contributed by atoms with Crippen molar-refractivity contribution >= 4 is 16.2 Å². The summed E-state index contributed by atoms with van der Waals surface area (Å²) in [5.41, 5.74) is 1.60. The third-order valence-corrected chi connectivity index (χ3v) is 5.12. The van der Waals surface area contributed by atoms with Gasteiger partial charge in [-0.25, -0.2) is 0 Å². The van der Waals surface area contributed by atoms with E-state index >= 15 is 0 Å². The number of nitrogens with zero attached hydrogens (tertiary/aromatic N) is 2. The molecule has 0 aliphatic heterocycles. The topological polar surface area (TPSA) is 68.2 Å². The first-order valence-electron chi connectivity index (χ1n) is 7.20. The van der Waals surface area contributed by atoms with Gasteiger partial charge in [0.1, 0.15) is 11.5 Å². The number of ether oxygens (including phenoxy) is 2. The van der Waals surface area contributed by atoms with Crippen LogP contribution in [0.25, 0.3) is 0 Å². The Kier molecular flexibility index (Phi) is 5.46. The van der Waals surface area contributed by atoms with Crippen LogP contribution in [0, 0.1) is 6.92 Å². The maximum absolute atomic E-state index is 12.5. The quantitative estimate of drug-likeness (QED) is 0.594. The van der Waals surface area contributed by atoms with Gasteiger partial charge in [-0.2, -0.15) is 17.9 Å². The Labute approximate surface area is 142 Å². The van der Waals surface area contributed by atoms with E-state index in [1.807, 2.05) is 6.92 Å². The highest BCUT2D eigenvalue weighted by molar-refractivity contribution is 7.89. The fraction of sp³-hybridized carbons (Fsp3) is 0.235.